The Morgan fingerprint density at radius 3 is 2.63 bits per heavy atom. The van der Waals surface area contributed by atoms with E-state index in [1.54, 1.807) is 22.6 Å². The van der Waals surface area contributed by atoms with E-state index in [4.69, 9.17) is 19.9 Å². The van der Waals surface area contributed by atoms with Gasteiger partial charge >= 0.3 is 5.69 Å². The molecule has 1 aromatic rings. The number of aliphatic hydroxyl groups excluding tert-OH is 4. The molecule has 0 aromatic carbocycles. The van der Waals surface area contributed by atoms with Crippen molar-refractivity contribution in [2.24, 2.45) is 0 Å². The van der Waals surface area contributed by atoms with E-state index in [2.05, 4.69) is 4.98 Å². The summed E-state index contributed by atoms with van der Waals surface area (Å²) in [5, 5.41) is 39.4. The molecule has 27 heavy (non-hydrogen) atoms. The summed E-state index contributed by atoms with van der Waals surface area (Å²) in [6.07, 6.45) is -10.1. The van der Waals surface area contributed by atoms with Gasteiger partial charge in [-0.3, -0.25) is 4.57 Å². The highest BCUT2D eigenvalue weighted by Crippen LogP contribution is 2.32. The molecule has 1 aromatic heterocycles. The number of nitrogens with zero attached hydrogens (tertiary/aromatic N) is 2. The second kappa shape index (κ2) is 8.20. The second-order valence-corrected chi connectivity index (χ2v) is 7.47. The number of ether oxygens (including phenoxy) is 3. The van der Waals surface area contributed by atoms with Gasteiger partial charge < -0.3 is 40.4 Å². The van der Waals surface area contributed by atoms with Gasteiger partial charge in [0.2, 0.25) is 0 Å². The lowest BCUT2D eigenvalue weighted by atomic mass is 10.1. The van der Waals surface area contributed by atoms with Crippen molar-refractivity contribution in [1.29, 1.82) is 0 Å². The number of hydrogen-bond donors (Lipinski definition) is 5. The number of alkyl halides is 2. The van der Waals surface area contributed by atoms with E-state index in [1.165, 1.54) is 12.3 Å². The highest BCUT2D eigenvalue weighted by molar-refractivity contribution is 14.1. The van der Waals surface area contributed by atoms with Gasteiger partial charge in [-0.1, -0.05) is 0 Å². The van der Waals surface area contributed by atoms with Crippen molar-refractivity contribution in [1.82, 2.24) is 9.55 Å². The SMILES string of the molecule is Nc1ccn([C@@H]2O[C@H](COC3O[C@H](C(O)I)[C@@H](O)[C@@H]3F)[C@@H](O)[C@H]2O)c(=O)n1. The molecule has 9 atom stereocenters. The highest BCUT2D eigenvalue weighted by atomic mass is 127. The average Bonchev–Trinajstić information content (AvgIpc) is 3.05. The second-order valence-electron chi connectivity index (χ2n) is 6.20. The summed E-state index contributed by atoms with van der Waals surface area (Å²) in [4.78, 5) is 15.4. The van der Waals surface area contributed by atoms with E-state index in [9.17, 15) is 29.6 Å². The van der Waals surface area contributed by atoms with Crippen LogP contribution in [0.2, 0.25) is 0 Å². The number of nitrogen functional groups attached to an aromatic ring is 1. The summed E-state index contributed by atoms with van der Waals surface area (Å²) < 4.78 is 29.6. The quantitative estimate of drug-likeness (QED) is 0.217. The summed E-state index contributed by atoms with van der Waals surface area (Å²) in [5.74, 6) is -0.0119. The molecule has 152 valence electrons. The topological polar surface area (TPSA) is 170 Å². The van der Waals surface area contributed by atoms with E-state index >= 15 is 0 Å². The van der Waals surface area contributed by atoms with Crippen LogP contribution >= 0.6 is 22.6 Å². The first-order chi connectivity index (χ1) is 12.7. The van der Waals surface area contributed by atoms with Crippen LogP contribution in [0.4, 0.5) is 10.2 Å². The molecule has 0 amide bonds. The zero-order chi connectivity index (χ0) is 19.9. The molecule has 13 heteroatoms. The maximum atomic E-state index is 14.0. The molecule has 2 unspecified atom stereocenters. The maximum Gasteiger partial charge on any atom is 0.351 e. The molecule has 3 heterocycles. The number of rotatable bonds is 5. The third kappa shape index (κ3) is 4.09. The lowest BCUT2D eigenvalue weighted by Crippen LogP contribution is -2.37. The van der Waals surface area contributed by atoms with Crippen molar-refractivity contribution >= 4 is 28.4 Å². The summed E-state index contributed by atoms with van der Waals surface area (Å²) >= 11 is 1.57. The van der Waals surface area contributed by atoms with Crippen LogP contribution in [0, 0.1) is 0 Å². The molecule has 11 nitrogen and oxygen atoms in total. The van der Waals surface area contributed by atoms with E-state index in [1.807, 2.05) is 0 Å². The number of nitrogens with two attached hydrogens (primary N) is 1. The van der Waals surface area contributed by atoms with Crippen molar-refractivity contribution in [3.8, 4) is 0 Å². The first kappa shape index (κ1) is 20.8. The fourth-order valence-electron chi connectivity index (χ4n) is 2.92. The summed E-state index contributed by atoms with van der Waals surface area (Å²) in [7, 11) is 0. The summed E-state index contributed by atoms with van der Waals surface area (Å²) in [5.41, 5.74) is 4.62. The highest BCUT2D eigenvalue weighted by Gasteiger charge is 2.49. The molecule has 0 radical (unpaired) electrons. The van der Waals surface area contributed by atoms with Crippen LogP contribution in [0.25, 0.3) is 0 Å². The smallest absolute Gasteiger partial charge is 0.351 e. The predicted octanol–water partition coefficient (Wildman–Crippen LogP) is -2.36. The molecule has 3 rings (SSSR count). The number of aromatic nitrogens is 2. The number of halogens is 2. The van der Waals surface area contributed by atoms with Gasteiger partial charge in [-0.15, -0.1) is 0 Å². The van der Waals surface area contributed by atoms with E-state index < -0.39 is 65.6 Å². The van der Waals surface area contributed by atoms with E-state index in [0.29, 0.717) is 0 Å². The summed E-state index contributed by atoms with van der Waals surface area (Å²) in [6.45, 7) is -0.395. The Morgan fingerprint density at radius 2 is 2.04 bits per heavy atom. The lowest BCUT2D eigenvalue weighted by Gasteiger charge is -2.19. The average molecular weight is 503 g/mol. The lowest BCUT2D eigenvalue weighted by molar-refractivity contribution is -0.183. The van der Waals surface area contributed by atoms with Crippen molar-refractivity contribution < 1.29 is 39.0 Å². The van der Waals surface area contributed by atoms with Crippen LogP contribution in [0.1, 0.15) is 6.23 Å². The molecule has 2 aliphatic rings. The number of hydrogen-bond acceptors (Lipinski definition) is 10. The zero-order valence-corrected chi connectivity index (χ0v) is 15.9. The van der Waals surface area contributed by atoms with Crippen molar-refractivity contribution in [3.05, 3.63) is 22.7 Å². The third-order valence-corrected chi connectivity index (χ3v) is 5.08. The van der Waals surface area contributed by atoms with Crippen LogP contribution < -0.4 is 11.4 Å². The molecule has 2 aliphatic heterocycles. The molecule has 0 bridgehead atoms. The molecule has 2 fully saturated rings. The number of anilines is 1. The Morgan fingerprint density at radius 1 is 1.33 bits per heavy atom. The number of aliphatic hydroxyl groups is 4. The minimum absolute atomic E-state index is 0.0119. The van der Waals surface area contributed by atoms with E-state index in [-0.39, 0.29) is 5.82 Å². The van der Waals surface area contributed by atoms with Crippen molar-refractivity contribution in [3.63, 3.8) is 0 Å². The Hall–Kier alpha value is -0.940. The fourth-order valence-corrected chi connectivity index (χ4v) is 3.51. The van der Waals surface area contributed by atoms with Gasteiger partial charge in [-0.2, -0.15) is 4.98 Å². The van der Waals surface area contributed by atoms with Crippen LogP contribution in [0.5, 0.6) is 0 Å². The van der Waals surface area contributed by atoms with Crippen molar-refractivity contribution in [2.75, 3.05) is 12.3 Å². The van der Waals surface area contributed by atoms with Crippen LogP contribution in [0.3, 0.4) is 0 Å². The Labute approximate surface area is 165 Å². The van der Waals surface area contributed by atoms with Gasteiger partial charge in [0.25, 0.3) is 0 Å². The predicted molar refractivity (Wildman–Crippen MR) is 94.4 cm³/mol. The Bertz CT molecular complexity index is 724. The van der Waals surface area contributed by atoms with Crippen LogP contribution in [0.15, 0.2) is 17.1 Å². The monoisotopic (exact) mass is 503 g/mol. The summed E-state index contributed by atoms with van der Waals surface area (Å²) in [6, 6.07) is 1.32. The van der Waals surface area contributed by atoms with Gasteiger partial charge in [-0.05, 0) is 28.7 Å². The standard InChI is InChI=1S/C14H19FIN3O8/c15-6-8(21)10(11(16)23)27-13(6)25-3-4-7(20)9(22)12(26-4)19-2-1-5(17)18-14(19)24/h1-2,4,6-13,20-23H,3H2,(H2,17,18,24)/t4-,6+,7-,8+,9-,10+,11?,12-,13?/m1/s1. The molecular formula is C14H19FIN3O8. The molecular weight excluding hydrogens is 484 g/mol. The van der Waals surface area contributed by atoms with Gasteiger partial charge in [0, 0.05) is 6.20 Å². The first-order valence-electron chi connectivity index (χ1n) is 7.98. The molecule has 0 spiro atoms. The third-order valence-electron chi connectivity index (χ3n) is 4.37. The maximum absolute atomic E-state index is 14.0. The van der Waals surface area contributed by atoms with Gasteiger partial charge in [0.15, 0.2) is 18.7 Å². The normalized spacial score (nSPS) is 40.4. The molecule has 6 N–H and O–H groups in total. The van der Waals surface area contributed by atoms with Gasteiger partial charge in [0.05, 0.1) is 6.61 Å². The molecule has 0 saturated carbocycles. The fraction of sp³-hybridized carbons (Fsp3) is 0.714. The van der Waals surface area contributed by atoms with Crippen LogP contribution in [-0.4, -0.2) is 83.7 Å². The Kier molecular flexibility index (Phi) is 6.31. The van der Waals surface area contributed by atoms with Crippen molar-refractivity contribution in [2.45, 2.75) is 53.3 Å². The van der Waals surface area contributed by atoms with Crippen LogP contribution in [-0.2, 0) is 14.2 Å². The minimum atomic E-state index is -1.91. The largest absolute Gasteiger partial charge is 0.387 e. The van der Waals surface area contributed by atoms with Gasteiger partial charge in [0.1, 0.15) is 40.4 Å². The minimum Gasteiger partial charge on any atom is -0.387 e. The zero-order valence-electron chi connectivity index (χ0n) is 13.7. The Balaban J connectivity index is 1.64. The van der Waals surface area contributed by atoms with E-state index in [0.717, 1.165) is 4.57 Å². The first-order valence-corrected chi connectivity index (χ1v) is 9.23. The molecule has 0 aliphatic carbocycles. The van der Waals surface area contributed by atoms with Gasteiger partial charge in [-0.25, -0.2) is 9.18 Å². The molecule has 2 saturated heterocycles.